The maximum absolute atomic E-state index is 5.51. The molecule has 8 nitrogen and oxygen atoms in total. The number of nitrogens with one attached hydrogen (secondary N) is 2. The second-order valence-corrected chi connectivity index (χ2v) is 8.03. The molecule has 0 radical (unpaired) electrons. The standard InChI is InChI=1S/C20H37N7O.HI/c1-4-21-20(22-14-17(16(2)3)26-10-12-28-13-11-26)23-15-19-25-24-18-8-6-5-7-9-27(18)19;/h16-17H,4-15H2,1-3H3,(H2,21,22,23);1H. The van der Waals surface area contributed by atoms with Crippen molar-refractivity contribution in [2.45, 2.75) is 65.6 Å². The predicted octanol–water partition coefficient (Wildman–Crippen LogP) is 2.03. The third kappa shape index (κ3) is 7.06. The molecule has 2 N–H and O–H groups in total. The summed E-state index contributed by atoms with van der Waals surface area (Å²) in [6.07, 6.45) is 4.72. The topological polar surface area (TPSA) is 79.6 Å². The van der Waals surface area contributed by atoms with Crippen LogP contribution in [0.2, 0.25) is 0 Å². The van der Waals surface area contributed by atoms with Crippen LogP contribution in [0.3, 0.4) is 0 Å². The number of aryl methyl sites for hydroxylation is 1. The zero-order chi connectivity index (χ0) is 19.8. The summed E-state index contributed by atoms with van der Waals surface area (Å²) in [6, 6.07) is 0.470. The Kier molecular flexibility index (Phi) is 10.6. The zero-order valence-electron chi connectivity index (χ0n) is 18.2. The molecule has 2 aliphatic heterocycles. The van der Waals surface area contributed by atoms with Gasteiger partial charge in [0.15, 0.2) is 11.8 Å². The highest BCUT2D eigenvalue weighted by Gasteiger charge is 2.24. The van der Waals surface area contributed by atoms with Crippen molar-refractivity contribution in [2.24, 2.45) is 10.9 Å². The van der Waals surface area contributed by atoms with Gasteiger partial charge in [0.05, 0.1) is 13.2 Å². The van der Waals surface area contributed by atoms with Crippen LogP contribution < -0.4 is 10.6 Å². The number of aromatic nitrogens is 3. The fourth-order valence-electron chi connectivity index (χ4n) is 4.05. The molecule has 3 heterocycles. The van der Waals surface area contributed by atoms with E-state index >= 15 is 0 Å². The Morgan fingerprint density at radius 2 is 1.90 bits per heavy atom. The number of guanidine groups is 1. The second kappa shape index (κ2) is 12.7. The van der Waals surface area contributed by atoms with Crippen LogP contribution in [0.15, 0.2) is 4.99 Å². The fraction of sp³-hybridized carbons (Fsp3) is 0.850. The van der Waals surface area contributed by atoms with Crippen LogP contribution in [0.4, 0.5) is 0 Å². The minimum atomic E-state index is 0. The quantitative estimate of drug-likeness (QED) is 0.326. The third-order valence-electron chi connectivity index (χ3n) is 5.67. The van der Waals surface area contributed by atoms with Gasteiger partial charge in [-0.25, -0.2) is 4.99 Å². The van der Waals surface area contributed by atoms with E-state index in [4.69, 9.17) is 9.73 Å². The highest BCUT2D eigenvalue weighted by molar-refractivity contribution is 14.0. The van der Waals surface area contributed by atoms with E-state index in [-0.39, 0.29) is 24.0 Å². The summed E-state index contributed by atoms with van der Waals surface area (Å²) >= 11 is 0. The lowest BCUT2D eigenvalue weighted by molar-refractivity contribution is 0.00752. The first-order valence-corrected chi connectivity index (χ1v) is 10.9. The molecule has 0 bridgehead atoms. The molecule has 0 spiro atoms. The van der Waals surface area contributed by atoms with Gasteiger partial charge in [0.25, 0.3) is 0 Å². The van der Waals surface area contributed by atoms with Crippen LogP contribution in [-0.4, -0.2) is 71.1 Å². The number of ether oxygens (including phenoxy) is 1. The van der Waals surface area contributed by atoms with Gasteiger partial charge in [0, 0.05) is 45.2 Å². The summed E-state index contributed by atoms with van der Waals surface area (Å²) in [5.74, 6) is 3.52. The predicted molar refractivity (Wildman–Crippen MR) is 127 cm³/mol. The molecular formula is C20H38IN7O. The molecule has 29 heavy (non-hydrogen) atoms. The van der Waals surface area contributed by atoms with Crippen LogP contribution in [0.5, 0.6) is 0 Å². The van der Waals surface area contributed by atoms with Crippen LogP contribution >= 0.6 is 24.0 Å². The van der Waals surface area contributed by atoms with E-state index in [1.54, 1.807) is 0 Å². The van der Waals surface area contributed by atoms with Crippen LogP contribution in [0.1, 0.15) is 51.7 Å². The SMILES string of the molecule is CCNC(=NCc1nnc2n1CCCCC2)NCC(C(C)C)N1CCOCC1.I. The number of fused-ring (bicyclic) bond motifs is 1. The normalized spacial score (nSPS) is 19.2. The van der Waals surface area contributed by atoms with E-state index in [1.165, 1.54) is 19.3 Å². The first kappa shape index (κ1) is 24.3. The van der Waals surface area contributed by atoms with Gasteiger partial charge in [-0.15, -0.1) is 34.2 Å². The number of hydrogen-bond donors (Lipinski definition) is 2. The lowest BCUT2D eigenvalue weighted by Gasteiger charge is -2.37. The maximum atomic E-state index is 5.51. The van der Waals surface area contributed by atoms with E-state index in [0.717, 1.165) is 70.0 Å². The Balaban J connectivity index is 0.00000300. The molecule has 0 aromatic carbocycles. The summed E-state index contributed by atoms with van der Waals surface area (Å²) in [6.45, 7) is 13.6. The molecule has 166 valence electrons. The lowest BCUT2D eigenvalue weighted by atomic mass is 10.0. The summed E-state index contributed by atoms with van der Waals surface area (Å²) in [5, 5.41) is 15.7. The van der Waals surface area contributed by atoms with Crippen molar-refractivity contribution in [1.29, 1.82) is 0 Å². The number of hydrogen-bond acceptors (Lipinski definition) is 5. The van der Waals surface area contributed by atoms with Crippen molar-refractivity contribution >= 4 is 29.9 Å². The lowest BCUT2D eigenvalue weighted by Crippen LogP contribution is -2.52. The number of morpholine rings is 1. The monoisotopic (exact) mass is 519 g/mol. The van der Waals surface area contributed by atoms with Gasteiger partial charge in [0.2, 0.25) is 0 Å². The molecular weight excluding hydrogens is 481 g/mol. The van der Waals surface area contributed by atoms with E-state index < -0.39 is 0 Å². The largest absolute Gasteiger partial charge is 0.379 e. The first-order valence-electron chi connectivity index (χ1n) is 10.9. The molecule has 1 saturated heterocycles. The summed E-state index contributed by atoms with van der Waals surface area (Å²) in [5.41, 5.74) is 0. The summed E-state index contributed by atoms with van der Waals surface area (Å²) in [7, 11) is 0. The Hall–Kier alpha value is -0.940. The average molecular weight is 519 g/mol. The molecule has 9 heteroatoms. The molecule has 1 unspecified atom stereocenters. The highest BCUT2D eigenvalue weighted by atomic mass is 127. The van der Waals surface area contributed by atoms with E-state index in [0.29, 0.717) is 18.5 Å². The van der Waals surface area contributed by atoms with Gasteiger partial charge in [-0.1, -0.05) is 20.3 Å². The molecule has 1 aromatic rings. The molecule has 0 amide bonds. The van der Waals surface area contributed by atoms with Crippen molar-refractivity contribution in [3.05, 3.63) is 11.6 Å². The minimum Gasteiger partial charge on any atom is -0.379 e. The first-order chi connectivity index (χ1) is 13.7. The third-order valence-corrected chi connectivity index (χ3v) is 5.67. The number of aliphatic imine (C=N–C) groups is 1. The van der Waals surface area contributed by atoms with Crippen LogP contribution in [0, 0.1) is 5.92 Å². The Bertz CT molecular complexity index is 628. The van der Waals surface area contributed by atoms with Crippen molar-refractivity contribution in [3.8, 4) is 0 Å². The van der Waals surface area contributed by atoms with E-state index in [1.807, 2.05) is 0 Å². The van der Waals surface area contributed by atoms with Gasteiger partial charge < -0.3 is 19.9 Å². The Morgan fingerprint density at radius 1 is 1.10 bits per heavy atom. The van der Waals surface area contributed by atoms with Gasteiger partial charge in [-0.2, -0.15) is 0 Å². The van der Waals surface area contributed by atoms with Crippen LogP contribution in [0.25, 0.3) is 0 Å². The van der Waals surface area contributed by atoms with E-state index in [9.17, 15) is 0 Å². The maximum Gasteiger partial charge on any atom is 0.191 e. The molecule has 0 aliphatic carbocycles. The molecule has 1 aromatic heterocycles. The zero-order valence-corrected chi connectivity index (χ0v) is 20.5. The molecule has 1 fully saturated rings. The average Bonchev–Trinajstić information content (AvgIpc) is 2.93. The van der Waals surface area contributed by atoms with Gasteiger partial charge >= 0.3 is 0 Å². The minimum absolute atomic E-state index is 0. The van der Waals surface area contributed by atoms with Crippen LogP contribution in [-0.2, 0) is 24.2 Å². The van der Waals surface area contributed by atoms with Crippen molar-refractivity contribution in [3.63, 3.8) is 0 Å². The van der Waals surface area contributed by atoms with Crippen molar-refractivity contribution < 1.29 is 4.74 Å². The molecule has 0 saturated carbocycles. The van der Waals surface area contributed by atoms with Gasteiger partial charge in [-0.05, 0) is 25.7 Å². The highest BCUT2D eigenvalue weighted by Crippen LogP contribution is 2.15. The number of rotatable bonds is 7. The summed E-state index contributed by atoms with van der Waals surface area (Å²) in [4.78, 5) is 7.33. The number of nitrogens with zero attached hydrogens (tertiary/aromatic N) is 5. The van der Waals surface area contributed by atoms with Gasteiger partial charge in [-0.3, -0.25) is 4.90 Å². The fourth-order valence-corrected chi connectivity index (χ4v) is 4.05. The molecule has 2 aliphatic rings. The summed E-state index contributed by atoms with van der Waals surface area (Å²) < 4.78 is 7.78. The van der Waals surface area contributed by atoms with Crippen molar-refractivity contribution in [2.75, 3.05) is 39.4 Å². The van der Waals surface area contributed by atoms with Gasteiger partial charge in [0.1, 0.15) is 12.4 Å². The van der Waals surface area contributed by atoms with E-state index in [2.05, 4.69) is 51.1 Å². The Morgan fingerprint density at radius 3 is 2.62 bits per heavy atom. The molecule has 1 atom stereocenters. The second-order valence-electron chi connectivity index (χ2n) is 8.03. The molecule has 3 rings (SSSR count). The Labute approximate surface area is 192 Å². The smallest absolute Gasteiger partial charge is 0.191 e. The van der Waals surface area contributed by atoms with Crippen molar-refractivity contribution in [1.82, 2.24) is 30.3 Å². The number of halogens is 1.